The third kappa shape index (κ3) is 10.1. The SMILES string of the molecule is CC(C)[C@H](N)C(=O)N[C@H](CC[C@H](Cc1ccccc1)NC(=O)OCc1cccnc1)Cc1ccccc1. The van der Waals surface area contributed by atoms with E-state index < -0.39 is 12.1 Å². The molecule has 196 valence electrons. The lowest BCUT2D eigenvalue weighted by molar-refractivity contribution is -0.124. The Balaban J connectivity index is 1.67. The molecule has 1 aromatic heterocycles. The average Bonchev–Trinajstić information content (AvgIpc) is 2.91. The van der Waals surface area contributed by atoms with Gasteiger partial charge in [-0.2, -0.15) is 0 Å². The van der Waals surface area contributed by atoms with E-state index in [-0.39, 0.29) is 30.5 Å². The number of carbonyl (C=O) groups is 2. The Morgan fingerprint density at radius 3 is 1.86 bits per heavy atom. The first-order valence-electron chi connectivity index (χ1n) is 12.9. The van der Waals surface area contributed by atoms with Gasteiger partial charge in [0.15, 0.2) is 0 Å². The van der Waals surface area contributed by atoms with Crippen LogP contribution in [0, 0.1) is 5.92 Å². The van der Waals surface area contributed by atoms with Crippen molar-refractivity contribution in [3.05, 3.63) is 102 Å². The number of alkyl carbamates (subject to hydrolysis) is 1. The van der Waals surface area contributed by atoms with Crippen molar-refractivity contribution < 1.29 is 14.3 Å². The van der Waals surface area contributed by atoms with Gasteiger partial charge in [-0.05, 0) is 48.8 Å². The van der Waals surface area contributed by atoms with Crippen LogP contribution in [0.4, 0.5) is 4.79 Å². The van der Waals surface area contributed by atoms with Gasteiger partial charge in [-0.15, -0.1) is 0 Å². The lowest BCUT2D eigenvalue weighted by atomic mass is 9.95. The molecule has 4 N–H and O–H groups in total. The Morgan fingerprint density at radius 1 is 0.811 bits per heavy atom. The molecule has 3 rings (SSSR count). The van der Waals surface area contributed by atoms with E-state index in [1.54, 1.807) is 18.5 Å². The number of nitrogens with one attached hydrogen (secondary N) is 2. The molecular weight excluding hydrogens is 464 g/mol. The Kier molecular flexibility index (Phi) is 11.1. The fourth-order valence-electron chi connectivity index (χ4n) is 4.09. The van der Waals surface area contributed by atoms with Crippen molar-refractivity contribution in [3.63, 3.8) is 0 Å². The summed E-state index contributed by atoms with van der Waals surface area (Å²) in [6.45, 7) is 4.03. The molecule has 3 aromatic rings. The molecule has 2 aromatic carbocycles. The summed E-state index contributed by atoms with van der Waals surface area (Å²) in [5.41, 5.74) is 9.19. The van der Waals surface area contributed by atoms with Crippen LogP contribution in [-0.4, -0.2) is 35.1 Å². The number of hydrogen-bond acceptors (Lipinski definition) is 5. The highest BCUT2D eigenvalue weighted by Crippen LogP contribution is 2.14. The second-order valence-corrected chi connectivity index (χ2v) is 9.71. The third-order valence-electron chi connectivity index (χ3n) is 6.30. The van der Waals surface area contributed by atoms with E-state index in [0.29, 0.717) is 25.7 Å². The van der Waals surface area contributed by atoms with E-state index in [1.165, 1.54) is 0 Å². The lowest BCUT2D eigenvalue weighted by Gasteiger charge is -2.25. The van der Waals surface area contributed by atoms with Crippen LogP contribution in [0.15, 0.2) is 85.2 Å². The van der Waals surface area contributed by atoms with Gasteiger partial charge in [0.2, 0.25) is 5.91 Å². The zero-order valence-electron chi connectivity index (χ0n) is 21.7. The number of nitrogens with zero attached hydrogens (tertiary/aromatic N) is 1. The van der Waals surface area contributed by atoms with E-state index in [9.17, 15) is 9.59 Å². The molecule has 0 saturated carbocycles. The summed E-state index contributed by atoms with van der Waals surface area (Å²) >= 11 is 0. The van der Waals surface area contributed by atoms with Gasteiger partial charge in [-0.3, -0.25) is 9.78 Å². The molecule has 0 saturated heterocycles. The highest BCUT2D eigenvalue weighted by atomic mass is 16.5. The fraction of sp³-hybridized carbons (Fsp3) is 0.367. The van der Waals surface area contributed by atoms with Crippen molar-refractivity contribution in [1.82, 2.24) is 15.6 Å². The largest absolute Gasteiger partial charge is 0.445 e. The molecule has 2 amide bonds. The van der Waals surface area contributed by atoms with Gasteiger partial charge in [0.05, 0.1) is 6.04 Å². The number of hydrogen-bond donors (Lipinski definition) is 3. The number of ether oxygens (including phenoxy) is 1. The number of nitrogens with two attached hydrogens (primary N) is 1. The molecule has 37 heavy (non-hydrogen) atoms. The number of benzene rings is 2. The first kappa shape index (κ1) is 27.9. The molecule has 7 nitrogen and oxygen atoms in total. The highest BCUT2D eigenvalue weighted by molar-refractivity contribution is 5.82. The summed E-state index contributed by atoms with van der Waals surface area (Å²) in [6.07, 6.45) is 5.54. The zero-order valence-corrected chi connectivity index (χ0v) is 21.7. The number of rotatable bonds is 13. The van der Waals surface area contributed by atoms with E-state index in [1.807, 2.05) is 68.4 Å². The van der Waals surface area contributed by atoms with Crippen molar-refractivity contribution in [2.75, 3.05) is 0 Å². The normalized spacial score (nSPS) is 13.4. The summed E-state index contributed by atoms with van der Waals surface area (Å²) in [4.78, 5) is 29.5. The monoisotopic (exact) mass is 502 g/mol. The van der Waals surface area contributed by atoms with Gasteiger partial charge in [0.25, 0.3) is 0 Å². The second kappa shape index (κ2) is 14.8. The van der Waals surface area contributed by atoms with Crippen LogP contribution in [0.2, 0.25) is 0 Å². The van der Waals surface area contributed by atoms with Gasteiger partial charge in [-0.25, -0.2) is 4.79 Å². The predicted molar refractivity (Wildman–Crippen MR) is 146 cm³/mol. The van der Waals surface area contributed by atoms with Crippen LogP contribution in [0.25, 0.3) is 0 Å². The Bertz CT molecular complexity index is 1080. The van der Waals surface area contributed by atoms with E-state index in [0.717, 1.165) is 16.7 Å². The molecule has 0 spiro atoms. The van der Waals surface area contributed by atoms with Crippen LogP contribution >= 0.6 is 0 Å². The topological polar surface area (TPSA) is 106 Å². The molecule has 7 heteroatoms. The van der Waals surface area contributed by atoms with E-state index >= 15 is 0 Å². The standard InChI is InChI=1S/C30H38N4O3/c1-22(2)28(31)29(35)33-26(18-23-10-5-3-6-11-23)15-16-27(19-24-12-7-4-8-13-24)34-30(36)37-21-25-14-9-17-32-20-25/h3-14,17,20,22,26-28H,15-16,18-19,21,31H2,1-2H3,(H,33,35)(H,34,36)/t26-,27-,28+/m1/s1. The Labute approximate surface area is 219 Å². The summed E-state index contributed by atoms with van der Waals surface area (Å²) in [5, 5.41) is 6.18. The molecule has 0 aliphatic heterocycles. The minimum atomic E-state index is -0.570. The first-order valence-corrected chi connectivity index (χ1v) is 12.9. The molecule has 0 unspecified atom stereocenters. The van der Waals surface area contributed by atoms with Gasteiger partial charge in [0, 0.05) is 30.0 Å². The summed E-state index contributed by atoms with van der Waals surface area (Å²) in [5.74, 6) is -0.112. The van der Waals surface area contributed by atoms with Crippen molar-refractivity contribution >= 4 is 12.0 Å². The first-order chi connectivity index (χ1) is 17.9. The lowest BCUT2D eigenvalue weighted by Crippen LogP contribution is -2.49. The van der Waals surface area contributed by atoms with Gasteiger partial charge in [0.1, 0.15) is 6.61 Å². The van der Waals surface area contributed by atoms with Crippen molar-refractivity contribution in [2.24, 2.45) is 11.7 Å². The maximum Gasteiger partial charge on any atom is 0.407 e. The molecular formula is C30H38N4O3. The van der Waals surface area contributed by atoms with Crippen molar-refractivity contribution in [2.45, 2.75) is 64.3 Å². The molecule has 0 bridgehead atoms. The number of aromatic nitrogens is 1. The van der Waals surface area contributed by atoms with E-state index in [2.05, 4.69) is 27.8 Å². The molecule has 0 fully saturated rings. The van der Waals surface area contributed by atoms with Crippen LogP contribution in [-0.2, 0) is 29.0 Å². The number of carbonyl (C=O) groups excluding carboxylic acids is 2. The second-order valence-electron chi connectivity index (χ2n) is 9.71. The molecule has 1 heterocycles. The predicted octanol–water partition coefficient (Wildman–Crippen LogP) is 4.41. The smallest absolute Gasteiger partial charge is 0.407 e. The third-order valence-corrected chi connectivity index (χ3v) is 6.30. The van der Waals surface area contributed by atoms with Crippen LogP contribution in [0.1, 0.15) is 43.4 Å². The van der Waals surface area contributed by atoms with Crippen molar-refractivity contribution in [1.29, 1.82) is 0 Å². The van der Waals surface area contributed by atoms with Gasteiger partial charge in [-0.1, -0.05) is 80.6 Å². The summed E-state index contributed by atoms with van der Waals surface area (Å²) in [7, 11) is 0. The Hall–Kier alpha value is -3.71. The minimum absolute atomic E-state index is 0.0412. The quantitative estimate of drug-likeness (QED) is 0.321. The fourth-order valence-corrected chi connectivity index (χ4v) is 4.09. The average molecular weight is 503 g/mol. The number of pyridine rings is 1. The van der Waals surface area contributed by atoms with Crippen molar-refractivity contribution in [3.8, 4) is 0 Å². The zero-order chi connectivity index (χ0) is 26.5. The minimum Gasteiger partial charge on any atom is -0.445 e. The summed E-state index contributed by atoms with van der Waals surface area (Å²) < 4.78 is 5.44. The van der Waals surface area contributed by atoms with Crippen LogP contribution < -0.4 is 16.4 Å². The van der Waals surface area contributed by atoms with E-state index in [4.69, 9.17) is 10.5 Å². The molecule has 0 aliphatic carbocycles. The molecule has 0 aliphatic rings. The Morgan fingerprint density at radius 2 is 1.35 bits per heavy atom. The maximum atomic E-state index is 12.8. The molecule has 3 atom stereocenters. The molecule has 0 radical (unpaired) electrons. The van der Waals surface area contributed by atoms with Crippen LogP contribution in [0.5, 0.6) is 0 Å². The van der Waals surface area contributed by atoms with Gasteiger partial charge < -0.3 is 21.1 Å². The van der Waals surface area contributed by atoms with Gasteiger partial charge >= 0.3 is 6.09 Å². The number of amides is 2. The maximum absolute atomic E-state index is 12.8. The summed E-state index contributed by atoms with van der Waals surface area (Å²) in [6, 6.07) is 22.9. The van der Waals surface area contributed by atoms with Crippen LogP contribution in [0.3, 0.4) is 0 Å². The highest BCUT2D eigenvalue weighted by Gasteiger charge is 2.23.